The van der Waals surface area contributed by atoms with Crippen LogP contribution in [-0.4, -0.2) is 13.4 Å². The van der Waals surface area contributed by atoms with Gasteiger partial charge in [-0.3, -0.25) is 0 Å². The Kier molecular flexibility index (Phi) is 2.99. The van der Waals surface area contributed by atoms with Crippen LogP contribution in [0.5, 0.6) is 0 Å². The van der Waals surface area contributed by atoms with Crippen LogP contribution >= 0.6 is 10.7 Å². The molecule has 20 heavy (non-hydrogen) atoms. The van der Waals surface area contributed by atoms with Crippen LogP contribution in [0.4, 0.5) is 4.39 Å². The van der Waals surface area contributed by atoms with Crippen molar-refractivity contribution < 1.29 is 17.2 Å². The summed E-state index contributed by atoms with van der Waals surface area (Å²) in [5.74, 6) is -0.383. The molecule has 1 heterocycles. The number of fused-ring (bicyclic) bond motifs is 1. The summed E-state index contributed by atoms with van der Waals surface area (Å²) in [4.78, 5) is 4.03. The summed E-state index contributed by atoms with van der Waals surface area (Å²) in [6.07, 6.45) is 0. The zero-order chi connectivity index (χ0) is 14.3. The van der Waals surface area contributed by atoms with Crippen LogP contribution in [0.1, 0.15) is 0 Å². The zero-order valence-electron chi connectivity index (χ0n) is 9.88. The lowest BCUT2D eigenvalue weighted by Crippen LogP contribution is -1.88. The van der Waals surface area contributed by atoms with Crippen molar-refractivity contribution in [2.75, 3.05) is 0 Å². The number of hydrogen-bond donors (Lipinski definition) is 0. The highest BCUT2D eigenvalue weighted by molar-refractivity contribution is 8.13. The first-order chi connectivity index (χ1) is 9.45. The van der Waals surface area contributed by atoms with Crippen LogP contribution < -0.4 is 0 Å². The summed E-state index contributed by atoms with van der Waals surface area (Å²) in [6.45, 7) is 0. The van der Waals surface area contributed by atoms with E-state index in [0.717, 1.165) is 0 Å². The third-order valence-electron chi connectivity index (χ3n) is 2.75. The van der Waals surface area contributed by atoms with Crippen molar-refractivity contribution in [2.24, 2.45) is 0 Å². The summed E-state index contributed by atoms with van der Waals surface area (Å²) in [5, 5.41) is 0. The molecular formula is C13H7ClFNO3S. The predicted octanol–water partition coefficient (Wildman–Crippen LogP) is 3.56. The van der Waals surface area contributed by atoms with Crippen LogP contribution in [0.3, 0.4) is 0 Å². The lowest BCUT2D eigenvalue weighted by atomic mass is 10.2. The Balaban J connectivity index is 2.19. The van der Waals surface area contributed by atoms with Gasteiger partial charge in [-0.2, -0.15) is 0 Å². The van der Waals surface area contributed by atoms with E-state index in [0.29, 0.717) is 5.52 Å². The van der Waals surface area contributed by atoms with E-state index in [2.05, 4.69) is 4.98 Å². The van der Waals surface area contributed by atoms with Crippen molar-refractivity contribution in [3.05, 3.63) is 48.3 Å². The number of hydrogen-bond acceptors (Lipinski definition) is 4. The van der Waals surface area contributed by atoms with Crippen molar-refractivity contribution in [3.63, 3.8) is 0 Å². The number of benzene rings is 2. The minimum absolute atomic E-state index is 0.0854. The Morgan fingerprint density at radius 1 is 1.15 bits per heavy atom. The smallest absolute Gasteiger partial charge is 0.261 e. The molecule has 0 fully saturated rings. The van der Waals surface area contributed by atoms with Gasteiger partial charge in [0, 0.05) is 16.7 Å². The minimum Gasteiger partial charge on any atom is -0.436 e. The average molecular weight is 312 g/mol. The molecule has 0 spiro atoms. The van der Waals surface area contributed by atoms with Crippen LogP contribution in [0.15, 0.2) is 51.8 Å². The van der Waals surface area contributed by atoms with Gasteiger partial charge in [0.25, 0.3) is 9.05 Å². The molecule has 0 unspecified atom stereocenters. The Labute approximate surface area is 118 Å². The Bertz CT molecular complexity index is 905. The van der Waals surface area contributed by atoms with Gasteiger partial charge in [-0.15, -0.1) is 0 Å². The largest absolute Gasteiger partial charge is 0.436 e. The SMILES string of the molecule is O=S(=O)(Cl)c1ccc2nc(-c3ccccc3F)oc2c1. The van der Waals surface area contributed by atoms with Gasteiger partial charge in [-0.1, -0.05) is 12.1 Å². The molecule has 2 aromatic carbocycles. The molecule has 0 saturated carbocycles. The first-order valence-corrected chi connectivity index (χ1v) is 7.86. The van der Waals surface area contributed by atoms with Crippen molar-refractivity contribution in [1.82, 2.24) is 4.98 Å². The number of halogens is 2. The zero-order valence-corrected chi connectivity index (χ0v) is 11.5. The number of oxazole rings is 1. The van der Waals surface area contributed by atoms with Crippen LogP contribution in [0, 0.1) is 5.82 Å². The fourth-order valence-electron chi connectivity index (χ4n) is 1.81. The fraction of sp³-hybridized carbons (Fsp3) is 0. The molecule has 0 atom stereocenters. The Morgan fingerprint density at radius 3 is 2.60 bits per heavy atom. The average Bonchev–Trinajstić information content (AvgIpc) is 2.80. The standard InChI is InChI=1S/C13H7ClFNO3S/c14-20(17,18)8-5-6-11-12(7-8)19-13(16-11)9-3-1-2-4-10(9)15/h1-7H. The van der Waals surface area contributed by atoms with E-state index >= 15 is 0 Å². The molecule has 0 saturated heterocycles. The lowest BCUT2D eigenvalue weighted by Gasteiger charge is -1.95. The van der Waals surface area contributed by atoms with E-state index in [1.165, 1.54) is 30.3 Å². The first-order valence-electron chi connectivity index (χ1n) is 5.55. The molecule has 0 aliphatic rings. The Morgan fingerprint density at radius 2 is 1.90 bits per heavy atom. The fourth-order valence-corrected chi connectivity index (χ4v) is 2.57. The topological polar surface area (TPSA) is 60.2 Å². The lowest BCUT2D eigenvalue weighted by molar-refractivity contribution is 0.591. The van der Waals surface area contributed by atoms with Crippen molar-refractivity contribution in [1.29, 1.82) is 0 Å². The van der Waals surface area contributed by atoms with Gasteiger partial charge in [0.1, 0.15) is 11.3 Å². The second kappa shape index (κ2) is 4.57. The van der Waals surface area contributed by atoms with E-state index in [1.54, 1.807) is 12.1 Å². The molecule has 0 amide bonds. The van der Waals surface area contributed by atoms with E-state index < -0.39 is 14.9 Å². The number of rotatable bonds is 2. The maximum Gasteiger partial charge on any atom is 0.261 e. The molecule has 7 heteroatoms. The molecule has 1 aromatic heterocycles. The summed E-state index contributed by atoms with van der Waals surface area (Å²) in [7, 11) is 1.41. The van der Waals surface area contributed by atoms with E-state index in [-0.39, 0.29) is 21.9 Å². The normalized spacial score (nSPS) is 11.9. The predicted molar refractivity (Wildman–Crippen MR) is 72.4 cm³/mol. The molecule has 0 aliphatic heterocycles. The molecule has 0 N–H and O–H groups in total. The van der Waals surface area contributed by atoms with Gasteiger partial charge in [-0.05, 0) is 24.3 Å². The molecule has 0 aliphatic carbocycles. The molecule has 4 nitrogen and oxygen atoms in total. The van der Waals surface area contributed by atoms with Gasteiger partial charge < -0.3 is 4.42 Å². The summed E-state index contributed by atoms with van der Waals surface area (Å²) in [5.41, 5.74) is 0.858. The van der Waals surface area contributed by atoms with Gasteiger partial charge in [-0.25, -0.2) is 17.8 Å². The molecule has 3 aromatic rings. The van der Waals surface area contributed by atoms with Crippen LogP contribution in [0.2, 0.25) is 0 Å². The Hall–Kier alpha value is -1.92. The van der Waals surface area contributed by atoms with Crippen molar-refractivity contribution in [2.45, 2.75) is 4.90 Å². The molecule has 102 valence electrons. The van der Waals surface area contributed by atoms with Crippen LogP contribution in [0.25, 0.3) is 22.6 Å². The molecule has 3 rings (SSSR count). The van der Waals surface area contributed by atoms with Crippen molar-refractivity contribution >= 4 is 30.8 Å². The van der Waals surface area contributed by atoms with Crippen LogP contribution in [-0.2, 0) is 9.05 Å². The highest BCUT2D eigenvalue weighted by Crippen LogP contribution is 2.28. The third-order valence-corrected chi connectivity index (χ3v) is 4.10. The molecule has 0 radical (unpaired) electrons. The highest BCUT2D eigenvalue weighted by atomic mass is 35.7. The van der Waals surface area contributed by atoms with E-state index in [4.69, 9.17) is 15.1 Å². The highest BCUT2D eigenvalue weighted by Gasteiger charge is 2.15. The van der Waals surface area contributed by atoms with Gasteiger partial charge in [0.05, 0.1) is 10.5 Å². The second-order valence-electron chi connectivity index (χ2n) is 4.07. The van der Waals surface area contributed by atoms with Gasteiger partial charge >= 0.3 is 0 Å². The van der Waals surface area contributed by atoms with Gasteiger partial charge in [0.15, 0.2) is 5.58 Å². The summed E-state index contributed by atoms with van der Waals surface area (Å²) in [6, 6.07) is 10.1. The van der Waals surface area contributed by atoms with E-state index in [1.807, 2.05) is 0 Å². The van der Waals surface area contributed by atoms with Crippen molar-refractivity contribution in [3.8, 4) is 11.5 Å². The summed E-state index contributed by atoms with van der Waals surface area (Å²) < 4.78 is 41.6. The maximum absolute atomic E-state index is 13.7. The monoisotopic (exact) mass is 311 g/mol. The van der Waals surface area contributed by atoms with E-state index in [9.17, 15) is 12.8 Å². The molecular weight excluding hydrogens is 305 g/mol. The second-order valence-corrected chi connectivity index (χ2v) is 6.63. The minimum atomic E-state index is -3.85. The first kappa shape index (κ1) is 13.1. The quantitative estimate of drug-likeness (QED) is 0.679. The molecule has 0 bridgehead atoms. The number of aromatic nitrogens is 1. The summed E-state index contributed by atoms with van der Waals surface area (Å²) >= 11 is 0. The third kappa shape index (κ3) is 2.28. The van der Waals surface area contributed by atoms with Gasteiger partial charge in [0.2, 0.25) is 5.89 Å². The maximum atomic E-state index is 13.7. The number of nitrogens with zero attached hydrogens (tertiary/aromatic N) is 1.